The van der Waals surface area contributed by atoms with Gasteiger partial charge in [-0.25, -0.2) is 4.39 Å². The first-order valence-corrected chi connectivity index (χ1v) is 6.89. The fraction of sp³-hybridized carbons (Fsp3) is 0.200. The molecule has 1 aliphatic heterocycles. The summed E-state index contributed by atoms with van der Waals surface area (Å²) in [6.45, 7) is 2.72. The lowest BCUT2D eigenvalue weighted by molar-refractivity contribution is 0.210. The van der Waals surface area contributed by atoms with Crippen molar-refractivity contribution < 1.29 is 9.13 Å². The molecule has 4 heteroatoms. The third-order valence-corrected chi connectivity index (χ3v) is 3.89. The molecule has 0 bridgehead atoms. The highest BCUT2D eigenvalue weighted by atomic mass is 79.9. The molecule has 0 aromatic heterocycles. The summed E-state index contributed by atoms with van der Waals surface area (Å²) in [6, 6.07) is 10.9. The maximum Gasteiger partial charge on any atom is 0.143 e. The second-order valence-corrected chi connectivity index (χ2v) is 5.46. The molecule has 1 unspecified atom stereocenters. The van der Waals surface area contributed by atoms with Crippen LogP contribution >= 0.6 is 15.9 Å². The number of para-hydroxylation sites is 1. The van der Waals surface area contributed by atoms with Crippen molar-refractivity contribution in [3.05, 3.63) is 57.8 Å². The van der Waals surface area contributed by atoms with E-state index in [2.05, 4.69) is 21.2 Å². The first-order valence-electron chi connectivity index (χ1n) is 6.10. The summed E-state index contributed by atoms with van der Waals surface area (Å²) in [7, 11) is 0. The zero-order valence-corrected chi connectivity index (χ0v) is 12.0. The average molecular weight is 322 g/mol. The fourth-order valence-corrected chi connectivity index (χ4v) is 2.65. The normalized spacial score (nSPS) is 17.3. The van der Waals surface area contributed by atoms with Gasteiger partial charge in [-0.2, -0.15) is 0 Å². The molecule has 1 atom stereocenters. The molecule has 0 saturated carbocycles. The Morgan fingerprint density at radius 3 is 2.95 bits per heavy atom. The molecule has 2 aromatic rings. The summed E-state index contributed by atoms with van der Waals surface area (Å²) in [5, 5.41) is 3.38. The Kier molecular flexibility index (Phi) is 3.19. The highest BCUT2D eigenvalue weighted by Crippen LogP contribution is 2.36. The zero-order valence-electron chi connectivity index (χ0n) is 10.4. The van der Waals surface area contributed by atoms with Gasteiger partial charge in [0.25, 0.3) is 0 Å². The van der Waals surface area contributed by atoms with Crippen LogP contribution in [0, 0.1) is 12.7 Å². The summed E-state index contributed by atoms with van der Waals surface area (Å²) in [5.41, 5.74) is 3.16. The van der Waals surface area contributed by atoms with Gasteiger partial charge in [0, 0.05) is 0 Å². The summed E-state index contributed by atoms with van der Waals surface area (Å²) in [4.78, 5) is 0. The molecule has 2 nitrogen and oxygen atoms in total. The second kappa shape index (κ2) is 4.85. The van der Waals surface area contributed by atoms with Gasteiger partial charge in [0.15, 0.2) is 0 Å². The number of aryl methyl sites for hydroxylation is 1. The maximum atomic E-state index is 13.3. The van der Waals surface area contributed by atoms with Crippen LogP contribution < -0.4 is 10.1 Å². The van der Waals surface area contributed by atoms with Crippen molar-refractivity contribution in [3.8, 4) is 5.75 Å². The third kappa shape index (κ3) is 2.32. The van der Waals surface area contributed by atoms with Crippen LogP contribution in [0.25, 0.3) is 0 Å². The largest absolute Gasteiger partial charge is 0.482 e. The molecule has 1 aliphatic rings. The standard InChI is InChI=1S/C15H13BrFNO/c1-9-3-2-4-13-15(9)18-8-14(19-13)10-5-6-12(17)11(16)7-10/h2-7,14,18H,8H2,1H3. The van der Waals surface area contributed by atoms with E-state index in [1.54, 1.807) is 12.1 Å². The summed E-state index contributed by atoms with van der Waals surface area (Å²) < 4.78 is 19.7. The minimum atomic E-state index is -0.260. The minimum absolute atomic E-state index is 0.105. The first kappa shape index (κ1) is 12.5. The topological polar surface area (TPSA) is 21.3 Å². The lowest BCUT2D eigenvalue weighted by Crippen LogP contribution is -2.24. The van der Waals surface area contributed by atoms with E-state index in [4.69, 9.17) is 4.74 Å². The van der Waals surface area contributed by atoms with Crippen molar-refractivity contribution in [1.29, 1.82) is 0 Å². The summed E-state index contributed by atoms with van der Waals surface area (Å²) in [6.07, 6.45) is -0.105. The fourth-order valence-electron chi connectivity index (χ4n) is 2.25. The van der Waals surface area contributed by atoms with Crippen LogP contribution in [-0.4, -0.2) is 6.54 Å². The van der Waals surface area contributed by atoms with E-state index in [-0.39, 0.29) is 11.9 Å². The SMILES string of the molecule is Cc1cccc2c1NCC(c1ccc(F)c(Br)c1)O2. The number of benzene rings is 2. The Morgan fingerprint density at radius 2 is 2.16 bits per heavy atom. The number of halogens is 2. The van der Waals surface area contributed by atoms with Crippen LogP contribution in [-0.2, 0) is 0 Å². The maximum absolute atomic E-state index is 13.3. The second-order valence-electron chi connectivity index (χ2n) is 4.61. The van der Waals surface area contributed by atoms with Crippen LogP contribution in [0.15, 0.2) is 40.9 Å². The first-order chi connectivity index (χ1) is 9.15. The van der Waals surface area contributed by atoms with E-state index < -0.39 is 0 Å². The van der Waals surface area contributed by atoms with Crippen molar-refractivity contribution in [2.45, 2.75) is 13.0 Å². The summed E-state index contributed by atoms with van der Waals surface area (Å²) in [5.74, 6) is 0.584. The molecule has 19 heavy (non-hydrogen) atoms. The van der Waals surface area contributed by atoms with Gasteiger partial charge in [-0.15, -0.1) is 0 Å². The van der Waals surface area contributed by atoms with Crippen LogP contribution in [0.3, 0.4) is 0 Å². The Hall–Kier alpha value is -1.55. The molecule has 0 amide bonds. The molecule has 0 aliphatic carbocycles. The van der Waals surface area contributed by atoms with Gasteiger partial charge >= 0.3 is 0 Å². The van der Waals surface area contributed by atoms with Gasteiger partial charge in [-0.1, -0.05) is 18.2 Å². The molecule has 0 spiro atoms. The number of fused-ring (bicyclic) bond motifs is 1. The quantitative estimate of drug-likeness (QED) is 0.838. The van der Waals surface area contributed by atoms with E-state index in [1.165, 1.54) is 6.07 Å². The van der Waals surface area contributed by atoms with Crippen LogP contribution in [0.1, 0.15) is 17.2 Å². The van der Waals surface area contributed by atoms with Crippen LogP contribution in [0.4, 0.5) is 10.1 Å². The summed E-state index contributed by atoms with van der Waals surface area (Å²) >= 11 is 3.21. The molecule has 0 saturated heterocycles. The molecule has 2 aromatic carbocycles. The van der Waals surface area contributed by atoms with Crippen molar-refractivity contribution in [2.75, 3.05) is 11.9 Å². The zero-order chi connectivity index (χ0) is 13.4. The van der Waals surface area contributed by atoms with Crippen molar-refractivity contribution in [3.63, 3.8) is 0 Å². The Bertz CT molecular complexity index is 630. The highest BCUT2D eigenvalue weighted by molar-refractivity contribution is 9.10. The Labute approximate surface area is 119 Å². The van der Waals surface area contributed by atoms with Crippen LogP contribution in [0.2, 0.25) is 0 Å². The van der Waals surface area contributed by atoms with Gasteiger partial charge in [-0.3, -0.25) is 0 Å². The molecular weight excluding hydrogens is 309 g/mol. The van der Waals surface area contributed by atoms with Gasteiger partial charge in [-0.05, 0) is 52.2 Å². The van der Waals surface area contributed by atoms with E-state index in [1.807, 2.05) is 25.1 Å². The smallest absolute Gasteiger partial charge is 0.143 e. The molecular formula is C15H13BrFNO. The predicted molar refractivity (Wildman–Crippen MR) is 77.1 cm³/mol. The molecule has 3 rings (SSSR count). The number of hydrogen-bond acceptors (Lipinski definition) is 2. The van der Waals surface area contributed by atoms with E-state index in [0.717, 1.165) is 22.6 Å². The Balaban J connectivity index is 1.91. The number of rotatable bonds is 1. The van der Waals surface area contributed by atoms with E-state index >= 15 is 0 Å². The van der Waals surface area contributed by atoms with E-state index in [9.17, 15) is 4.39 Å². The lowest BCUT2D eigenvalue weighted by atomic mass is 10.1. The average Bonchev–Trinajstić information content (AvgIpc) is 2.42. The number of nitrogens with one attached hydrogen (secondary N) is 1. The minimum Gasteiger partial charge on any atom is -0.482 e. The number of anilines is 1. The van der Waals surface area contributed by atoms with Gasteiger partial charge in [0.2, 0.25) is 0 Å². The van der Waals surface area contributed by atoms with Crippen molar-refractivity contribution >= 4 is 21.6 Å². The number of hydrogen-bond donors (Lipinski definition) is 1. The predicted octanol–water partition coefficient (Wildman–Crippen LogP) is 4.44. The van der Waals surface area contributed by atoms with Crippen LogP contribution in [0.5, 0.6) is 5.75 Å². The molecule has 1 N–H and O–H groups in total. The third-order valence-electron chi connectivity index (χ3n) is 3.28. The van der Waals surface area contributed by atoms with Crippen molar-refractivity contribution in [1.82, 2.24) is 0 Å². The van der Waals surface area contributed by atoms with Gasteiger partial charge < -0.3 is 10.1 Å². The highest BCUT2D eigenvalue weighted by Gasteiger charge is 2.22. The van der Waals surface area contributed by atoms with Crippen molar-refractivity contribution in [2.24, 2.45) is 0 Å². The van der Waals surface area contributed by atoms with E-state index in [0.29, 0.717) is 11.0 Å². The lowest BCUT2D eigenvalue weighted by Gasteiger charge is -2.28. The molecule has 98 valence electrons. The van der Waals surface area contributed by atoms with Gasteiger partial charge in [0.1, 0.15) is 17.7 Å². The molecule has 0 fully saturated rings. The Morgan fingerprint density at radius 1 is 1.32 bits per heavy atom. The monoisotopic (exact) mass is 321 g/mol. The molecule has 0 radical (unpaired) electrons. The molecule has 1 heterocycles. The van der Waals surface area contributed by atoms with Gasteiger partial charge in [0.05, 0.1) is 16.7 Å². The number of ether oxygens (including phenoxy) is 1.